The maximum absolute atomic E-state index is 13.3. The monoisotopic (exact) mass is 426 g/mol. The van der Waals surface area contributed by atoms with Gasteiger partial charge in [0.15, 0.2) is 17.3 Å². The maximum Gasteiger partial charge on any atom is 0.253 e. The summed E-state index contributed by atoms with van der Waals surface area (Å²) in [6, 6.07) is 5.21. The fourth-order valence-electron chi connectivity index (χ4n) is 4.10. The lowest BCUT2D eigenvalue weighted by atomic mass is 9.99. The standard InChI is InChI=1S/C21H26N6O4/c1-4-21(2,3)27-19(23-24-25-27)18(26-5-7-29-8-6-26)14-9-13-10-16-17(31-12-30-16)11-15(13)22-20(14)28/h9-11,18H,4-8,12H2,1-3H3,(H,22,28). The molecule has 1 N–H and O–H groups in total. The quantitative estimate of drug-likeness (QED) is 0.658. The third kappa shape index (κ3) is 3.45. The van der Waals surface area contributed by atoms with Crippen molar-refractivity contribution < 1.29 is 14.2 Å². The van der Waals surface area contributed by atoms with Crippen molar-refractivity contribution >= 4 is 10.9 Å². The SMILES string of the molecule is CCC(C)(C)n1nnnc1C(c1cc2cc3c(cc2[nH]c1=O)OCO3)N1CCOCC1. The Labute approximate surface area is 179 Å². The maximum atomic E-state index is 13.3. The van der Waals surface area contributed by atoms with Crippen LogP contribution >= 0.6 is 0 Å². The molecule has 0 bridgehead atoms. The summed E-state index contributed by atoms with van der Waals surface area (Å²) in [6.07, 6.45) is 0.846. The number of aromatic nitrogens is 5. The number of hydrogen-bond acceptors (Lipinski definition) is 8. The number of tetrazole rings is 1. The summed E-state index contributed by atoms with van der Waals surface area (Å²) in [7, 11) is 0. The van der Waals surface area contributed by atoms with Crippen LogP contribution in [0.2, 0.25) is 0 Å². The van der Waals surface area contributed by atoms with E-state index >= 15 is 0 Å². The van der Waals surface area contributed by atoms with E-state index in [1.165, 1.54) is 0 Å². The third-order valence-corrected chi connectivity index (χ3v) is 6.25. The molecular weight excluding hydrogens is 400 g/mol. The van der Waals surface area contributed by atoms with Crippen LogP contribution in [0.3, 0.4) is 0 Å². The van der Waals surface area contributed by atoms with Crippen LogP contribution in [0, 0.1) is 0 Å². The van der Waals surface area contributed by atoms with Crippen molar-refractivity contribution in [2.75, 3.05) is 33.1 Å². The largest absolute Gasteiger partial charge is 0.454 e. The van der Waals surface area contributed by atoms with Crippen molar-refractivity contribution in [2.45, 2.75) is 38.8 Å². The van der Waals surface area contributed by atoms with Gasteiger partial charge in [-0.2, -0.15) is 0 Å². The molecule has 3 aromatic rings. The molecule has 1 saturated heterocycles. The molecule has 31 heavy (non-hydrogen) atoms. The Morgan fingerprint density at radius 3 is 2.65 bits per heavy atom. The van der Waals surface area contributed by atoms with Gasteiger partial charge in [-0.1, -0.05) is 6.92 Å². The fraction of sp³-hybridized carbons (Fsp3) is 0.524. The van der Waals surface area contributed by atoms with Crippen molar-refractivity contribution in [1.29, 1.82) is 0 Å². The van der Waals surface area contributed by atoms with Crippen molar-refractivity contribution in [3.8, 4) is 11.5 Å². The Hall–Kier alpha value is -2.98. The number of aromatic amines is 1. The molecule has 0 saturated carbocycles. The van der Waals surface area contributed by atoms with Gasteiger partial charge in [-0.3, -0.25) is 9.69 Å². The molecule has 1 aromatic carbocycles. The van der Waals surface area contributed by atoms with E-state index in [0.717, 1.165) is 11.8 Å². The second-order valence-corrected chi connectivity index (χ2v) is 8.51. The van der Waals surface area contributed by atoms with E-state index in [0.29, 0.717) is 54.7 Å². The summed E-state index contributed by atoms with van der Waals surface area (Å²) in [5, 5.41) is 13.5. The minimum atomic E-state index is -0.400. The smallest absolute Gasteiger partial charge is 0.253 e. The molecule has 1 unspecified atom stereocenters. The van der Waals surface area contributed by atoms with E-state index in [9.17, 15) is 4.79 Å². The first kappa shape index (κ1) is 20.0. The van der Waals surface area contributed by atoms with Gasteiger partial charge in [0.25, 0.3) is 5.56 Å². The van der Waals surface area contributed by atoms with Gasteiger partial charge < -0.3 is 19.2 Å². The molecule has 2 aliphatic heterocycles. The van der Waals surface area contributed by atoms with Gasteiger partial charge in [0.1, 0.15) is 6.04 Å². The number of nitrogens with zero attached hydrogens (tertiary/aromatic N) is 5. The highest BCUT2D eigenvalue weighted by molar-refractivity contribution is 5.83. The number of hydrogen-bond donors (Lipinski definition) is 1. The van der Waals surface area contributed by atoms with Gasteiger partial charge >= 0.3 is 0 Å². The van der Waals surface area contributed by atoms with Gasteiger partial charge in [-0.25, -0.2) is 4.68 Å². The third-order valence-electron chi connectivity index (χ3n) is 6.25. The van der Waals surface area contributed by atoms with Crippen LogP contribution in [0.1, 0.15) is 44.6 Å². The fourth-order valence-corrected chi connectivity index (χ4v) is 4.10. The molecule has 0 radical (unpaired) electrons. The van der Waals surface area contributed by atoms with Crippen LogP contribution in [0.5, 0.6) is 11.5 Å². The summed E-state index contributed by atoms with van der Waals surface area (Å²) in [4.78, 5) is 18.5. The Morgan fingerprint density at radius 2 is 1.90 bits per heavy atom. The Morgan fingerprint density at radius 1 is 1.16 bits per heavy atom. The summed E-state index contributed by atoms with van der Waals surface area (Å²) in [6.45, 7) is 9.02. The van der Waals surface area contributed by atoms with Crippen LogP contribution in [0.4, 0.5) is 0 Å². The normalized spacial score (nSPS) is 17.9. The molecule has 164 valence electrons. The van der Waals surface area contributed by atoms with Gasteiger partial charge in [-0.15, -0.1) is 5.10 Å². The minimum Gasteiger partial charge on any atom is -0.454 e. The van der Waals surface area contributed by atoms with Gasteiger partial charge in [-0.05, 0) is 42.8 Å². The van der Waals surface area contributed by atoms with Crippen LogP contribution < -0.4 is 15.0 Å². The second-order valence-electron chi connectivity index (χ2n) is 8.51. The van der Waals surface area contributed by atoms with Crippen LogP contribution in [-0.4, -0.2) is 63.2 Å². The van der Waals surface area contributed by atoms with Crippen LogP contribution in [0.15, 0.2) is 23.0 Å². The first-order valence-corrected chi connectivity index (χ1v) is 10.5. The molecule has 5 rings (SSSR count). The zero-order chi connectivity index (χ0) is 21.6. The molecule has 10 heteroatoms. The number of nitrogens with one attached hydrogen (secondary N) is 1. The zero-order valence-electron chi connectivity index (χ0n) is 17.9. The van der Waals surface area contributed by atoms with Crippen molar-refractivity contribution in [3.05, 3.63) is 39.9 Å². The number of ether oxygens (including phenoxy) is 3. The number of fused-ring (bicyclic) bond motifs is 2. The summed E-state index contributed by atoms with van der Waals surface area (Å²) < 4.78 is 18.4. The lowest BCUT2D eigenvalue weighted by molar-refractivity contribution is 0.0204. The summed E-state index contributed by atoms with van der Waals surface area (Å²) in [5.41, 5.74) is 0.828. The Bertz CT molecular complexity index is 1160. The predicted molar refractivity (Wildman–Crippen MR) is 112 cm³/mol. The van der Waals surface area contributed by atoms with E-state index < -0.39 is 6.04 Å². The minimum absolute atomic E-state index is 0.174. The highest BCUT2D eigenvalue weighted by Crippen LogP contribution is 2.36. The second kappa shape index (κ2) is 7.61. The van der Waals surface area contributed by atoms with Crippen LogP contribution in [0.25, 0.3) is 10.9 Å². The number of benzene rings is 1. The van der Waals surface area contributed by atoms with E-state index in [4.69, 9.17) is 14.2 Å². The molecule has 1 atom stereocenters. The number of H-pyrrole nitrogens is 1. The lowest BCUT2D eigenvalue weighted by Crippen LogP contribution is -2.43. The predicted octanol–water partition coefficient (Wildman–Crippen LogP) is 1.81. The Kier molecular flexibility index (Phi) is 4.90. The molecule has 0 amide bonds. The summed E-state index contributed by atoms with van der Waals surface area (Å²) in [5.74, 6) is 1.96. The molecule has 10 nitrogen and oxygen atoms in total. The van der Waals surface area contributed by atoms with Crippen LogP contribution in [-0.2, 0) is 10.3 Å². The molecule has 2 aromatic heterocycles. The zero-order valence-corrected chi connectivity index (χ0v) is 17.9. The highest BCUT2D eigenvalue weighted by Gasteiger charge is 2.35. The molecule has 4 heterocycles. The van der Waals surface area contributed by atoms with E-state index in [1.807, 2.05) is 16.8 Å². The molecule has 2 aliphatic rings. The molecule has 0 aliphatic carbocycles. The van der Waals surface area contributed by atoms with Crippen molar-refractivity contribution in [1.82, 2.24) is 30.1 Å². The topological polar surface area (TPSA) is 107 Å². The van der Waals surface area contributed by atoms with E-state index in [2.05, 4.69) is 46.2 Å². The molecular formula is C21H26N6O4. The van der Waals surface area contributed by atoms with E-state index in [1.54, 1.807) is 6.07 Å². The van der Waals surface area contributed by atoms with Crippen molar-refractivity contribution in [2.24, 2.45) is 0 Å². The molecule has 0 spiro atoms. The molecule has 1 fully saturated rings. The Balaban J connectivity index is 1.68. The average Bonchev–Trinajstić information content (AvgIpc) is 3.43. The summed E-state index contributed by atoms with van der Waals surface area (Å²) >= 11 is 0. The van der Waals surface area contributed by atoms with E-state index in [-0.39, 0.29) is 17.9 Å². The number of rotatable bonds is 5. The number of morpholine rings is 1. The van der Waals surface area contributed by atoms with Gasteiger partial charge in [0, 0.05) is 30.1 Å². The first-order valence-electron chi connectivity index (χ1n) is 10.5. The van der Waals surface area contributed by atoms with Gasteiger partial charge in [0.2, 0.25) is 6.79 Å². The first-order chi connectivity index (χ1) is 15.0. The lowest BCUT2D eigenvalue weighted by Gasteiger charge is -2.35. The number of pyridine rings is 1. The highest BCUT2D eigenvalue weighted by atomic mass is 16.7. The van der Waals surface area contributed by atoms with Gasteiger partial charge in [0.05, 0.1) is 24.3 Å². The van der Waals surface area contributed by atoms with Crippen molar-refractivity contribution in [3.63, 3.8) is 0 Å². The average molecular weight is 426 g/mol.